The molecule has 0 bridgehead atoms. The second-order valence-corrected chi connectivity index (χ2v) is 7.74. The van der Waals surface area contributed by atoms with Crippen molar-refractivity contribution in [2.45, 2.75) is 39.3 Å². The third-order valence-corrected chi connectivity index (χ3v) is 5.30. The molecule has 30 heavy (non-hydrogen) atoms. The van der Waals surface area contributed by atoms with E-state index in [4.69, 9.17) is 4.74 Å². The molecule has 0 radical (unpaired) electrons. The minimum Gasteiger partial charge on any atom is -0.463 e. The van der Waals surface area contributed by atoms with E-state index in [1.807, 2.05) is 48.5 Å². The molecule has 154 valence electrons. The van der Waals surface area contributed by atoms with Crippen molar-refractivity contribution < 1.29 is 9.53 Å². The summed E-state index contributed by atoms with van der Waals surface area (Å²) in [6.45, 7) is 7.87. The van der Waals surface area contributed by atoms with Gasteiger partial charge in [-0.1, -0.05) is 50.2 Å². The number of ether oxygens (including phenoxy) is 1. The normalized spacial score (nSPS) is 17.1. The second-order valence-electron chi connectivity index (χ2n) is 7.74. The van der Waals surface area contributed by atoms with Crippen LogP contribution in [0.2, 0.25) is 0 Å². The van der Waals surface area contributed by atoms with Gasteiger partial charge in [0.25, 0.3) is 5.56 Å². The number of anilines is 1. The number of hydrogen-bond donors (Lipinski definition) is 1. The van der Waals surface area contributed by atoms with Crippen LogP contribution in [0.15, 0.2) is 53.3 Å². The summed E-state index contributed by atoms with van der Waals surface area (Å²) < 4.78 is 6.76. The molecule has 1 aliphatic heterocycles. The largest absolute Gasteiger partial charge is 0.463 e. The van der Waals surface area contributed by atoms with E-state index >= 15 is 0 Å². The van der Waals surface area contributed by atoms with Gasteiger partial charge in [-0.05, 0) is 37.5 Å². The van der Waals surface area contributed by atoms with Crippen LogP contribution in [0.5, 0.6) is 0 Å². The molecule has 0 spiro atoms. The van der Waals surface area contributed by atoms with Gasteiger partial charge in [-0.25, -0.2) is 9.48 Å². The van der Waals surface area contributed by atoms with Gasteiger partial charge in [-0.3, -0.25) is 4.79 Å². The van der Waals surface area contributed by atoms with Crippen LogP contribution < -0.4 is 10.9 Å². The van der Waals surface area contributed by atoms with E-state index in [1.54, 1.807) is 13.8 Å². The molecule has 0 amide bonds. The van der Waals surface area contributed by atoms with Crippen molar-refractivity contribution in [3.63, 3.8) is 0 Å². The lowest BCUT2D eigenvalue weighted by molar-refractivity contribution is -0.152. The van der Waals surface area contributed by atoms with Crippen molar-refractivity contribution in [2.24, 2.45) is 0 Å². The molecule has 1 unspecified atom stereocenters. The number of hydrogen-bond acceptors (Lipinski definition) is 6. The Balaban J connectivity index is 1.93. The maximum Gasteiger partial charge on any atom is 0.354 e. The van der Waals surface area contributed by atoms with Gasteiger partial charge in [0.2, 0.25) is 5.66 Å². The van der Waals surface area contributed by atoms with Crippen molar-refractivity contribution in [2.75, 3.05) is 11.9 Å². The molecule has 1 aliphatic rings. The number of nitrogens with one attached hydrogen (secondary N) is 1. The topological polar surface area (TPSA) is 86.1 Å². The third kappa shape index (κ3) is 3.16. The molecule has 0 saturated heterocycles. The van der Waals surface area contributed by atoms with Gasteiger partial charge in [0.1, 0.15) is 0 Å². The Morgan fingerprint density at radius 2 is 1.87 bits per heavy atom. The van der Waals surface area contributed by atoms with E-state index in [2.05, 4.69) is 29.2 Å². The van der Waals surface area contributed by atoms with Crippen LogP contribution in [0.25, 0.3) is 22.6 Å². The molecule has 0 fully saturated rings. The number of fused-ring (bicyclic) bond motifs is 3. The maximum atomic E-state index is 12.9. The van der Waals surface area contributed by atoms with E-state index in [0.717, 1.165) is 5.56 Å². The van der Waals surface area contributed by atoms with Crippen LogP contribution in [0.4, 0.5) is 5.69 Å². The average Bonchev–Trinajstić information content (AvgIpc) is 2.74. The molecular weight excluding hydrogens is 380 g/mol. The van der Waals surface area contributed by atoms with Gasteiger partial charge in [0.05, 0.1) is 6.61 Å². The van der Waals surface area contributed by atoms with E-state index < -0.39 is 17.2 Å². The monoisotopic (exact) mass is 404 g/mol. The zero-order chi connectivity index (χ0) is 21.5. The third-order valence-electron chi connectivity index (χ3n) is 5.30. The molecule has 2 aromatic carbocycles. The summed E-state index contributed by atoms with van der Waals surface area (Å²) in [5.41, 5.74) is 1.61. The Bertz CT molecular complexity index is 1170. The molecule has 3 aromatic rings. The average molecular weight is 404 g/mol. The fourth-order valence-corrected chi connectivity index (χ4v) is 3.59. The second kappa shape index (κ2) is 7.40. The molecule has 4 rings (SSSR count). The van der Waals surface area contributed by atoms with Crippen LogP contribution >= 0.6 is 0 Å². The summed E-state index contributed by atoms with van der Waals surface area (Å²) in [5.74, 6) is 0.204. The Morgan fingerprint density at radius 3 is 2.53 bits per heavy atom. The number of carbonyl (C=O) groups is 1. The van der Waals surface area contributed by atoms with Gasteiger partial charge >= 0.3 is 5.97 Å². The van der Waals surface area contributed by atoms with Crippen LogP contribution in [-0.4, -0.2) is 27.3 Å². The minimum absolute atomic E-state index is 0.186. The number of benzene rings is 2. The van der Waals surface area contributed by atoms with Gasteiger partial charge in [0.15, 0.2) is 11.5 Å². The zero-order valence-electron chi connectivity index (χ0n) is 17.5. The van der Waals surface area contributed by atoms with E-state index in [0.29, 0.717) is 28.6 Å². The molecule has 7 nitrogen and oxygen atoms in total. The van der Waals surface area contributed by atoms with Crippen LogP contribution in [0.3, 0.4) is 0 Å². The van der Waals surface area contributed by atoms with Crippen LogP contribution in [0, 0.1) is 0 Å². The van der Waals surface area contributed by atoms with Gasteiger partial charge in [-0.2, -0.15) is 10.1 Å². The van der Waals surface area contributed by atoms with Crippen molar-refractivity contribution in [3.05, 3.63) is 64.4 Å². The number of carbonyl (C=O) groups excluding carboxylic acids is 1. The van der Waals surface area contributed by atoms with Crippen molar-refractivity contribution >= 4 is 11.7 Å². The molecule has 0 aliphatic carbocycles. The summed E-state index contributed by atoms with van der Waals surface area (Å²) in [5, 5.41) is 7.81. The van der Waals surface area contributed by atoms with Crippen molar-refractivity contribution in [1.82, 2.24) is 14.8 Å². The smallest absolute Gasteiger partial charge is 0.354 e. The number of para-hydroxylation sites is 1. The summed E-state index contributed by atoms with van der Waals surface area (Å²) in [6, 6.07) is 15.0. The first-order valence-corrected chi connectivity index (χ1v) is 10.0. The number of nitrogens with zero attached hydrogens (tertiary/aromatic N) is 3. The van der Waals surface area contributed by atoms with Crippen LogP contribution in [-0.2, 0) is 15.2 Å². The van der Waals surface area contributed by atoms with E-state index in [1.165, 1.54) is 4.68 Å². The van der Waals surface area contributed by atoms with Crippen LogP contribution in [0.1, 0.15) is 39.2 Å². The molecule has 0 saturated carbocycles. The van der Waals surface area contributed by atoms with Crippen molar-refractivity contribution in [3.8, 4) is 22.6 Å². The van der Waals surface area contributed by atoms with Crippen molar-refractivity contribution in [1.29, 1.82) is 0 Å². The highest BCUT2D eigenvalue weighted by atomic mass is 16.5. The molecule has 2 heterocycles. The minimum atomic E-state index is -1.34. The molecule has 1 atom stereocenters. The first-order valence-electron chi connectivity index (χ1n) is 10.0. The molecule has 1 aromatic heterocycles. The van der Waals surface area contributed by atoms with E-state index in [9.17, 15) is 9.59 Å². The predicted octanol–water partition coefficient (Wildman–Crippen LogP) is 3.76. The highest BCUT2D eigenvalue weighted by molar-refractivity contribution is 5.88. The van der Waals surface area contributed by atoms with E-state index in [-0.39, 0.29) is 12.3 Å². The Labute approximate surface area is 174 Å². The predicted molar refractivity (Wildman–Crippen MR) is 115 cm³/mol. The first kappa shape index (κ1) is 19.8. The zero-order valence-corrected chi connectivity index (χ0v) is 17.5. The Hall–Kier alpha value is -3.48. The van der Waals surface area contributed by atoms with Gasteiger partial charge in [0, 0.05) is 16.8 Å². The number of aromatic nitrogens is 3. The highest BCUT2D eigenvalue weighted by Crippen LogP contribution is 2.37. The first-order chi connectivity index (χ1) is 14.3. The molecule has 7 heteroatoms. The van der Waals surface area contributed by atoms with Gasteiger partial charge < -0.3 is 10.1 Å². The number of rotatable bonds is 4. The summed E-state index contributed by atoms with van der Waals surface area (Å²) >= 11 is 0. The summed E-state index contributed by atoms with van der Waals surface area (Å²) in [7, 11) is 0. The lowest BCUT2D eigenvalue weighted by Crippen LogP contribution is -2.51. The fourth-order valence-electron chi connectivity index (χ4n) is 3.59. The summed E-state index contributed by atoms with van der Waals surface area (Å²) in [6.07, 6.45) is 0. The lowest BCUT2D eigenvalue weighted by Gasteiger charge is -2.36. The molecule has 1 N–H and O–H groups in total. The highest BCUT2D eigenvalue weighted by Gasteiger charge is 2.44. The lowest BCUT2D eigenvalue weighted by atomic mass is 10.0. The maximum absolute atomic E-state index is 12.9. The number of esters is 1. The quantitative estimate of drug-likeness (QED) is 0.667. The SMILES string of the molecule is CCOC(=O)C1(C)Nc2ccccc2-c2nc(=O)c(-c3ccc(C(C)C)cc3)nn21. The molecular formula is C23H24N4O3. The van der Waals surface area contributed by atoms with Gasteiger partial charge in [-0.15, -0.1) is 0 Å². The summed E-state index contributed by atoms with van der Waals surface area (Å²) in [4.78, 5) is 30.1. The standard InChI is InChI=1S/C23H24N4O3/c1-5-30-22(29)23(4)25-18-9-7-6-8-17(18)20-24-21(28)19(26-27(20)23)16-12-10-15(11-13-16)14(2)3/h6-14,25H,5H2,1-4H3. The fraction of sp³-hybridized carbons (Fsp3) is 0.304. The Morgan fingerprint density at radius 1 is 1.17 bits per heavy atom. The Kier molecular flexibility index (Phi) is 4.89.